The van der Waals surface area contributed by atoms with Crippen molar-refractivity contribution in [2.24, 2.45) is 0 Å². The van der Waals surface area contributed by atoms with Crippen molar-refractivity contribution in [1.82, 2.24) is 4.57 Å². The van der Waals surface area contributed by atoms with E-state index in [4.69, 9.17) is 9.47 Å². The van der Waals surface area contributed by atoms with E-state index in [-0.39, 0.29) is 0 Å². The second-order valence-electron chi connectivity index (χ2n) is 3.89. The molecule has 18 heavy (non-hydrogen) atoms. The molecule has 0 spiro atoms. The van der Waals surface area contributed by atoms with Crippen LogP contribution >= 0.6 is 45.2 Å². The first-order valence-electron chi connectivity index (χ1n) is 5.33. The number of benzene rings is 1. The maximum absolute atomic E-state index is 5.49. The Morgan fingerprint density at radius 3 is 2.11 bits per heavy atom. The summed E-state index contributed by atoms with van der Waals surface area (Å²) in [6.45, 7) is 4.49. The van der Waals surface area contributed by atoms with Gasteiger partial charge in [-0.15, -0.1) is 0 Å². The normalized spacial score (nSPS) is 13.1. The molecule has 0 N–H and O–H groups in total. The Bertz CT molecular complexity index is 588. The van der Waals surface area contributed by atoms with Crippen molar-refractivity contribution in [3.63, 3.8) is 0 Å². The number of nitrogens with zero attached hydrogens (tertiary/aromatic N) is 1. The average molecular weight is 465 g/mol. The van der Waals surface area contributed by atoms with Crippen molar-refractivity contribution in [1.29, 1.82) is 0 Å². The summed E-state index contributed by atoms with van der Waals surface area (Å²) in [5.41, 5.74) is 1.25. The second kappa shape index (κ2) is 4.76. The van der Waals surface area contributed by atoms with Crippen LogP contribution in [0, 0.1) is 7.40 Å². The predicted molar refractivity (Wildman–Crippen MR) is 85.8 cm³/mol. The van der Waals surface area contributed by atoms with E-state index in [1.54, 1.807) is 0 Å². The number of ether oxygens (including phenoxy) is 2. The van der Waals surface area contributed by atoms with Crippen LogP contribution in [0.25, 0.3) is 0 Å². The Morgan fingerprint density at radius 2 is 1.56 bits per heavy atom. The fourth-order valence-corrected chi connectivity index (χ4v) is 3.84. The summed E-state index contributed by atoms with van der Waals surface area (Å²) in [5.74, 6) is 1.91. The Kier molecular flexibility index (Phi) is 3.27. The lowest BCUT2D eigenvalue weighted by Gasteiger charge is -2.08. The van der Waals surface area contributed by atoms with E-state index < -0.39 is 0 Å². The zero-order valence-electron chi connectivity index (χ0n) is 9.32. The van der Waals surface area contributed by atoms with E-state index in [2.05, 4.69) is 68.5 Å². The van der Waals surface area contributed by atoms with Crippen LogP contribution < -0.4 is 9.47 Å². The van der Waals surface area contributed by atoms with E-state index >= 15 is 0 Å². The maximum Gasteiger partial charge on any atom is 0.283 e. The topological polar surface area (TPSA) is 23.4 Å². The van der Waals surface area contributed by atoms with Crippen LogP contribution in [0.1, 0.15) is 5.56 Å². The molecule has 0 aliphatic carbocycles. The van der Waals surface area contributed by atoms with Gasteiger partial charge in [-0.1, -0.05) is 30.3 Å². The molecule has 2 aromatic rings. The second-order valence-corrected chi connectivity index (χ2v) is 5.93. The number of hydrogen-bond donors (Lipinski definition) is 0. The number of fused-ring (bicyclic) bond motifs is 1. The highest BCUT2D eigenvalue weighted by Crippen LogP contribution is 2.45. The molecule has 2 heterocycles. The first kappa shape index (κ1) is 12.3. The highest BCUT2D eigenvalue weighted by molar-refractivity contribution is 14.1. The summed E-state index contributed by atoms with van der Waals surface area (Å²) in [5, 5.41) is 0. The Hall–Kier alpha value is -0.700. The average Bonchev–Trinajstić information content (AvgIpc) is 2.85. The summed E-state index contributed by atoms with van der Waals surface area (Å²) in [4.78, 5) is 0. The van der Waals surface area contributed by atoms with Crippen LogP contribution in [-0.4, -0.2) is 4.57 Å². The molecule has 1 aliphatic heterocycles. The molecule has 1 aromatic heterocycles. The molecule has 3 nitrogen and oxygen atoms in total. The molecule has 0 bridgehead atoms. The van der Waals surface area contributed by atoms with Gasteiger partial charge >= 0.3 is 0 Å². The molecule has 0 fully saturated rings. The highest BCUT2D eigenvalue weighted by Gasteiger charge is 2.29. The maximum atomic E-state index is 5.49. The van der Waals surface area contributed by atoms with Gasteiger partial charge < -0.3 is 14.0 Å². The first-order chi connectivity index (χ1) is 8.66. The van der Waals surface area contributed by atoms with Gasteiger partial charge in [-0.05, 0) is 57.3 Å². The third-order valence-electron chi connectivity index (χ3n) is 2.67. The van der Waals surface area contributed by atoms with Gasteiger partial charge in [-0.2, -0.15) is 0 Å². The standard InChI is InChI=1S/C13H9I2NO2/c1-8-17-10-11(18-8)13(15)16(12(10)14)7-9-5-3-2-4-6-9/h2-6H,1,7H2. The fourth-order valence-electron chi connectivity index (χ4n) is 1.85. The molecular formula is C13H9I2NO2. The zero-order chi connectivity index (χ0) is 12.7. The Balaban J connectivity index is 2.00. The molecule has 0 saturated heterocycles. The van der Waals surface area contributed by atoms with Crippen molar-refractivity contribution in [2.75, 3.05) is 0 Å². The van der Waals surface area contributed by atoms with Crippen LogP contribution in [0.3, 0.4) is 0 Å². The van der Waals surface area contributed by atoms with Crippen LogP contribution in [0.15, 0.2) is 42.9 Å². The smallest absolute Gasteiger partial charge is 0.283 e. The van der Waals surface area contributed by atoms with Crippen molar-refractivity contribution < 1.29 is 9.47 Å². The molecule has 92 valence electrons. The van der Waals surface area contributed by atoms with Gasteiger partial charge in [0.2, 0.25) is 11.5 Å². The van der Waals surface area contributed by atoms with E-state index in [0.29, 0.717) is 5.95 Å². The van der Waals surface area contributed by atoms with E-state index in [9.17, 15) is 0 Å². The predicted octanol–water partition coefficient (Wildman–Crippen LogP) is 3.99. The summed E-state index contributed by atoms with van der Waals surface area (Å²) in [6.07, 6.45) is 0. The van der Waals surface area contributed by atoms with Gasteiger partial charge in [0.1, 0.15) is 7.40 Å². The Morgan fingerprint density at radius 1 is 1.00 bits per heavy atom. The van der Waals surface area contributed by atoms with Crippen LogP contribution in [0.5, 0.6) is 11.5 Å². The zero-order valence-corrected chi connectivity index (χ0v) is 13.6. The molecule has 0 saturated carbocycles. The van der Waals surface area contributed by atoms with Gasteiger partial charge in [0.25, 0.3) is 5.95 Å². The van der Waals surface area contributed by atoms with Crippen molar-refractivity contribution in [3.05, 3.63) is 55.8 Å². The van der Waals surface area contributed by atoms with Crippen LogP contribution in [-0.2, 0) is 6.54 Å². The minimum absolute atomic E-state index is 0.350. The lowest BCUT2D eigenvalue weighted by atomic mass is 10.2. The Labute approximate surface area is 132 Å². The molecule has 0 atom stereocenters. The van der Waals surface area contributed by atoms with Crippen LogP contribution in [0.4, 0.5) is 0 Å². The van der Waals surface area contributed by atoms with Crippen LogP contribution in [0.2, 0.25) is 0 Å². The summed E-state index contributed by atoms with van der Waals surface area (Å²) in [6, 6.07) is 10.3. The van der Waals surface area contributed by atoms with Crippen molar-refractivity contribution in [3.8, 4) is 11.5 Å². The molecule has 0 amide bonds. The third kappa shape index (κ3) is 2.03. The minimum Gasteiger partial charge on any atom is -0.420 e. The fraction of sp³-hybridized carbons (Fsp3) is 0.0769. The number of rotatable bonds is 2. The molecule has 5 heteroatoms. The molecular weight excluding hydrogens is 456 g/mol. The van der Waals surface area contributed by atoms with E-state index in [1.165, 1.54) is 5.56 Å². The molecule has 0 radical (unpaired) electrons. The van der Waals surface area contributed by atoms with Crippen molar-refractivity contribution in [2.45, 2.75) is 6.54 Å². The summed E-state index contributed by atoms with van der Waals surface area (Å²) in [7, 11) is 0. The van der Waals surface area contributed by atoms with Gasteiger partial charge in [0.15, 0.2) is 0 Å². The molecule has 1 aliphatic rings. The number of aromatic nitrogens is 1. The third-order valence-corrected chi connectivity index (χ3v) is 4.81. The molecule has 3 rings (SSSR count). The minimum atomic E-state index is 0.350. The summed E-state index contributed by atoms with van der Waals surface area (Å²) < 4.78 is 15.2. The van der Waals surface area contributed by atoms with Gasteiger partial charge in [-0.25, -0.2) is 0 Å². The quantitative estimate of drug-likeness (QED) is 0.627. The van der Waals surface area contributed by atoms with Gasteiger partial charge in [-0.3, -0.25) is 0 Å². The molecule has 1 aromatic carbocycles. The monoisotopic (exact) mass is 465 g/mol. The number of halogens is 2. The number of hydrogen-bond acceptors (Lipinski definition) is 2. The first-order valence-corrected chi connectivity index (χ1v) is 7.48. The molecule has 0 unspecified atom stereocenters. The lowest BCUT2D eigenvalue weighted by Crippen LogP contribution is -2.06. The van der Waals surface area contributed by atoms with Gasteiger partial charge in [0, 0.05) is 6.54 Å². The van der Waals surface area contributed by atoms with E-state index in [0.717, 1.165) is 25.4 Å². The van der Waals surface area contributed by atoms with Gasteiger partial charge in [0.05, 0.1) is 0 Å². The van der Waals surface area contributed by atoms with E-state index in [1.807, 2.05) is 18.2 Å². The summed E-state index contributed by atoms with van der Waals surface area (Å²) >= 11 is 4.55. The SMILES string of the molecule is C=C1Oc2c(c(I)n(Cc3ccccc3)c2I)O1. The largest absolute Gasteiger partial charge is 0.420 e. The lowest BCUT2D eigenvalue weighted by molar-refractivity contribution is 0.283. The van der Waals surface area contributed by atoms with Crippen molar-refractivity contribution >= 4 is 45.2 Å². The highest BCUT2D eigenvalue weighted by atomic mass is 127.